The lowest BCUT2D eigenvalue weighted by Gasteiger charge is -2.00. The quantitative estimate of drug-likeness (QED) is 0.735. The van der Waals surface area contributed by atoms with Crippen LogP contribution < -0.4 is 0 Å². The molecule has 0 bridgehead atoms. The number of benzene rings is 1. The lowest BCUT2D eigenvalue weighted by atomic mass is 10.1. The first-order valence-corrected chi connectivity index (χ1v) is 4.96. The Bertz CT molecular complexity index is 482. The minimum atomic E-state index is -0.439. The van der Waals surface area contributed by atoms with Crippen molar-refractivity contribution in [2.24, 2.45) is 0 Å². The van der Waals surface area contributed by atoms with Crippen molar-refractivity contribution >= 4 is 6.08 Å². The van der Waals surface area contributed by atoms with Crippen molar-refractivity contribution in [1.29, 1.82) is 0 Å². The van der Waals surface area contributed by atoms with Gasteiger partial charge in [0.1, 0.15) is 5.83 Å². The van der Waals surface area contributed by atoms with Crippen molar-refractivity contribution in [2.45, 2.75) is 0 Å². The fourth-order valence-electron chi connectivity index (χ4n) is 1.46. The topological polar surface area (TPSA) is 12.9 Å². The van der Waals surface area contributed by atoms with Crippen LogP contribution in [0.5, 0.6) is 0 Å². The lowest BCUT2D eigenvalue weighted by molar-refractivity contribution is 0.673. The third-order valence-corrected chi connectivity index (χ3v) is 2.19. The SMILES string of the molecule is [CH2]/C(F)=C/c1ccc(-c2ccccn2)cc1. The Morgan fingerprint density at radius 1 is 1.12 bits per heavy atom. The summed E-state index contributed by atoms with van der Waals surface area (Å²) in [5, 5.41) is 0. The maximum Gasteiger partial charge on any atom is 0.101 e. The summed E-state index contributed by atoms with van der Waals surface area (Å²) in [5.41, 5.74) is 2.72. The third-order valence-electron chi connectivity index (χ3n) is 2.19. The van der Waals surface area contributed by atoms with Gasteiger partial charge in [-0.25, -0.2) is 4.39 Å². The van der Waals surface area contributed by atoms with Crippen molar-refractivity contribution in [3.05, 3.63) is 67.0 Å². The van der Waals surface area contributed by atoms with Crippen molar-refractivity contribution in [3.63, 3.8) is 0 Å². The van der Waals surface area contributed by atoms with E-state index >= 15 is 0 Å². The summed E-state index contributed by atoms with van der Waals surface area (Å²) in [4.78, 5) is 4.24. The number of halogens is 1. The van der Waals surface area contributed by atoms with Gasteiger partial charge in [0.05, 0.1) is 5.69 Å². The van der Waals surface area contributed by atoms with Gasteiger partial charge in [0, 0.05) is 18.7 Å². The van der Waals surface area contributed by atoms with Crippen molar-refractivity contribution < 1.29 is 4.39 Å². The first kappa shape index (κ1) is 10.6. The minimum Gasteiger partial charge on any atom is -0.256 e. The van der Waals surface area contributed by atoms with Crippen LogP contribution in [0, 0.1) is 6.92 Å². The summed E-state index contributed by atoms with van der Waals surface area (Å²) in [6.07, 6.45) is 3.14. The number of aromatic nitrogens is 1. The summed E-state index contributed by atoms with van der Waals surface area (Å²) in [5.74, 6) is -0.439. The molecule has 1 aromatic heterocycles. The van der Waals surface area contributed by atoms with Gasteiger partial charge in [0.25, 0.3) is 0 Å². The molecule has 2 heteroatoms. The van der Waals surface area contributed by atoms with E-state index in [2.05, 4.69) is 11.9 Å². The molecule has 0 aliphatic rings. The van der Waals surface area contributed by atoms with E-state index in [-0.39, 0.29) is 0 Å². The van der Waals surface area contributed by atoms with Gasteiger partial charge < -0.3 is 0 Å². The second-order valence-electron chi connectivity index (χ2n) is 3.43. The molecule has 0 fully saturated rings. The largest absolute Gasteiger partial charge is 0.256 e. The van der Waals surface area contributed by atoms with Gasteiger partial charge in [-0.05, 0) is 23.8 Å². The predicted octanol–water partition coefficient (Wildman–Crippen LogP) is 3.89. The molecule has 2 aromatic rings. The number of hydrogen-bond donors (Lipinski definition) is 0. The van der Waals surface area contributed by atoms with Crippen LogP contribution in [0.2, 0.25) is 0 Å². The highest BCUT2D eigenvalue weighted by atomic mass is 19.1. The predicted molar refractivity (Wildman–Crippen MR) is 64.1 cm³/mol. The number of allylic oxidation sites excluding steroid dienone is 1. The average Bonchev–Trinajstić information content (AvgIpc) is 2.30. The van der Waals surface area contributed by atoms with Gasteiger partial charge in [0.15, 0.2) is 0 Å². The van der Waals surface area contributed by atoms with Crippen LogP contribution in [0.4, 0.5) is 4.39 Å². The highest BCUT2D eigenvalue weighted by molar-refractivity contribution is 5.62. The maximum atomic E-state index is 12.5. The van der Waals surface area contributed by atoms with Crippen molar-refractivity contribution in [2.75, 3.05) is 0 Å². The van der Waals surface area contributed by atoms with Crippen molar-refractivity contribution in [3.8, 4) is 11.3 Å². The van der Waals surface area contributed by atoms with Crippen LogP contribution in [0.15, 0.2) is 54.5 Å². The van der Waals surface area contributed by atoms with Crippen molar-refractivity contribution in [1.82, 2.24) is 4.98 Å². The van der Waals surface area contributed by atoms with Gasteiger partial charge in [0.2, 0.25) is 0 Å². The van der Waals surface area contributed by atoms with Gasteiger partial charge in [-0.1, -0.05) is 30.3 Å². The number of nitrogens with zero attached hydrogens (tertiary/aromatic N) is 1. The van der Waals surface area contributed by atoms with E-state index in [0.717, 1.165) is 16.8 Å². The van der Waals surface area contributed by atoms with E-state index in [9.17, 15) is 4.39 Å². The van der Waals surface area contributed by atoms with E-state index in [1.54, 1.807) is 6.20 Å². The Morgan fingerprint density at radius 2 is 1.88 bits per heavy atom. The molecule has 0 unspecified atom stereocenters. The Balaban J connectivity index is 2.30. The second kappa shape index (κ2) is 4.71. The number of pyridine rings is 1. The zero-order valence-corrected chi connectivity index (χ0v) is 8.73. The zero-order valence-electron chi connectivity index (χ0n) is 8.73. The average molecular weight is 212 g/mol. The number of hydrogen-bond acceptors (Lipinski definition) is 1. The Kier molecular flexibility index (Phi) is 3.10. The number of rotatable bonds is 2. The van der Waals surface area contributed by atoms with E-state index in [1.165, 1.54) is 6.08 Å². The maximum absolute atomic E-state index is 12.5. The molecule has 0 aliphatic carbocycles. The third kappa shape index (κ3) is 2.54. The summed E-state index contributed by atoms with van der Waals surface area (Å²) in [6.45, 7) is 3.20. The molecule has 1 heterocycles. The zero-order chi connectivity index (χ0) is 11.4. The molecule has 0 saturated heterocycles. The highest BCUT2D eigenvalue weighted by Crippen LogP contribution is 2.18. The molecule has 0 N–H and O–H groups in total. The molecule has 0 spiro atoms. The van der Waals surface area contributed by atoms with Gasteiger partial charge in [-0.2, -0.15) is 0 Å². The van der Waals surface area contributed by atoms with Crippen LogP contribution in [-0.2, 0) is 0 Å². The molecule has 0 amide bonds. The molecular formula is C14H11FN. The fourth-order valence-corrected chi connectivity index (χ4v) is 1.46. The second-order valence-corrected chi connectivity index (χ2v) is 3.43. The van der Waals surface area contributed by atoms with Crippen LogP contribution in [0.1, 0.15) is 5.56 Å². The first-order valence-electron chi connectivity index (χ1n) is 4.96. The smallest absolute Gasteiger partial charge is 0.101 e. The summed E-state index contributed by atoms with van der Waals surface area (Å²) in [7, 11) is 0. The molecule has 1 nitrogen and oxygen atoms in total. The Hall–Kier alpha value is -1.96. The monoisotopic (exact) mass is 212 g/mol. The molecule has 0 aliphatic heterocycles. The fraction of sp³-hybridized carbons (Fsp3) is 0. The van der Waals surface area contributed by atoms with E-state index < -0.39 is 5.83 Å². The molecule has 2 rings (SSSR count). The standard InChI is InChI=1S/C14H11FN/c1-11(15)10-12-5-7-13(8-6-12)14-4-2-3-9-16-14/h2-10H,1H2/b11-10-. The highest BCUT2D eigenvalue weighted by Gasteiger charge is 1.97. The van der Waals surface area contributed by atoms with Crippen LogP contribution >= 0.6 is 0 Å². The Labute approximate surface area is 94.3 Å². The van der Waals surface area contributed by atoms with E-state index in [0.29, 0.717) is 0 Å². The molecule has 1 aromatic carbocycles. The summed E-state index contributed by atoms with van der Waals surface area (Å²) >= 11 is 0. The molecule has 79 valence electrons. The normalized spacial score (nSPS) is 11.5. The van der Waals surface area contributed by atoms with Crippen LogP contribution in [0.3, 0.4) is 0 Å². The summed E-state index contributed by atoms with van der Waals surface area (Å²) < 4.78 is 12.5. The molecular weight excluding hydrogens is 201 g/mol. The molecule has 1 radical (unpaired) electrons. The van der Waals surface area contributed by atoms with Crippen LogP contribution in [-0.4, -0.2) is 4.98 Å². The lowest BCUT2D eigenvalue weighted by Crippen LogP contribution is -1.81. The molecule has 0 saturated carbocycles. The first-order chi connectivity index (χ1) is 7.75. The van der Waals surface area contributed by atoms with Gasteiger partial charge >= 0.3 is 0 Å². The molecule has 16 heavy (non-hydrogen) atoms. The van der Waals surface area contributed by atoms with E-state index in [1.807, 2.05) is 42.5 Å². The Morgan fingerprint density at radius 3 is 2.44 bits per heavy atom. The summed E-state index contributed by atoms with van der Waals surface area (Å²) in [6, 6.07) is 13.3. The minimum absolute atomic E-state index is 0.439. The van der Waals surface area contributed by atoms with Gasteiger partial charge in [-0.3, -0.25) is 4.98 Å². The van der Waals surface area contributed by atoms with Gasteiger partial charge in [-0.15, -0.1) is 0 Å². The van der Waals surface area contributed by atoms with Crippen LogP contribution in [0.25, 0.3) is 17.3 Å². The molecule has 0 atom stereocenters. The van der Waals surface area contributed by atoms with E-state index in [4.69, 9.17) is 0 Å².